The molecule has 3 rings (SSSR count). The van der Waals surface area contributed by atoms with Crippen molar-refractivity contribution in [2.45, 2.75) is 25.9 Å². The van der Waals surface area contributed by atoms with Crippen LogP contribution in [0.3, 0.4) is 0 Å². The number of halogens is 2. The molecule has 0 amide bonds. The summed E-state index contributed by atoms with van der Waals surface area (Å²) in [5, 5.41) is 0.712. The molecule has 4 nitrogen and oxygen atoms in total. The quantitative estimate of drug-likeness (QED) is 0.926. The predicted molar refractivity (Wildman–Crippen MR) is 91.2 cm³/mol. The van der Waals surface area contributed by atoms with E-state index in [0.717, 1.165) is 37.3 Å². The van der Waals surface area contributed by atoms with E-state index >= 15 is 0 Å². The molecule has 120 valence electrons. The molecule has 2 aromatic rings. The van der Waals surface area contributed by atoms with E-state index in [2.05, 4.69) is 16.8 Å². The molecule has 0 bridgehead atoms. The van der Waals surface area contributed by atoms with Crippen LogP contribution in [0.2, 0.25) is 5.02 Å². The van der Waals surface area contributed by atoms with Gasteiger partial charge in [0.25, 0.3) is 0 Å². The lowest BCUT2D eigenvalue weighted by molar-refractivity contribution is 0.156. The maximum absolute atomic E-state index is 6.05. The van der Waals surface area contributed by atoms with Crippen LogP contribution in [0.25, 0.3) is 11.5 Å². The van der Waals surface area contributed by atoms with Crippen molar-refractivity contribution in [2.75, 3.05) is 13.1 Å². The van der Waals surface area contributed by atoms with Crippen LogP contribution < -0.4 is 5.73 Å². The molecule has 0 radical (unpaired) electrons. The van der Waals surface area contributed by atoms with Gasteiger partial charge in [0.05, 0.1) is 5.69 Å². The summed E-state index contributed by atoms with van der Waals surface area (Å²) >= 11 is 5.89. The largest absolute Gasteiger partial charge is 0.444 e. The highest BCUT2D eigenvalue weighted by Crippen LogP contribution is 2.22. The van der Waals surface area contributed by atoms with Crippen LogP contribution in [0.15, 0.2) is 34.9 Å². The maximum atomic E-state index is 6.05. The third-order valence-corrected chi connectivity index (χ3v) is 4.34. The minimum Gasteiger partial charge on any atom is -0.444 e. The van der Waals surface area contributed by atoms with E-state index in [1.165, 1.54) is 0 Å². The van der Waals surface area contributed by atoms with E-state index in [1.807, 2.05) is 24.3 Å². The molecule has 1 aliphatic heterocycles. The molecule has 6 heteroatoms. The van der Waals surface area contributed by atoms with Gasteiger partial charge < -0.3 is 10.2 Å². The average Bonchev–Trinajstić information content (AvgIpc) is 2.92. The van der Waals surface area contributed by atoms with Crippen molar-refractivity contribution in [1.82, 2.24) is 9.88 Å². The zero-order chi connectivity index (χ0) is 14.8. The van der Waals surface area contributed by atoms with Gasteiger partial charge in [-0.05, 0) is 36.6 Å². The van der Waals surface area contributed by atoms with Gasteiger partial charge in [-0.3, -0.25) is 4.90 Å². The van der Waals surface area contributed by atoms with Crippen molar-refractivity contribution in [3.8, 4) is 11.5 Å². The van der Waals surface area contributed by atoms with Crippen molar-refractivity contribution in [3.05, 3.63) is 41.2 Å². The number of hydrogen-bond donors (Lipinski definition) is 1. The molecule has 1 fully saturated rings. The summed E-state index contributed by atoms with van der Waals surface area (Å²) in [6, 6.07) is 7.84. The second-order valence-electron chi connectivity index (χ2n) is 5.82. The number of rotatable bonds is 3. The molecule has 0 aliphatic carbocycles. The molecule has 1 aromatic carbocycles. The van der Waals surface area contributed by atoms with Crippen molar-refractivity contribution in [2.24, 2.45) is 11.7 Å². The Hall–Kier alpha value is -1.07. The summed E-state index contributed by atoms with van der Waals surface area (Å²) in [7, 11) is 0. The summed E-state index contributed by atoms with van der Waals surface area (Å²) in [5.41, 5.74) is 7.96. The molecule has 1 aromatic heterocycles. The molecule has 0 spiro atoms. The molecule has 1 saturated heterocycles. The highest BCUT2D eigenvalue weighted by Gasteiger charge is 2.23. The number of piperidine rings is 1. The van der Waals surface area contributed by atoms with E-state index in [0.29, 0.717) is 22.9 Å². The lowest BCUT2D eigenvalue weighted by atomic mass is 9.95. The summed E-state index contributed by atoms with van der Waals surface area (Å²) < 4.78 is 5.57. The minimum atomic E-state index is 0. The Morgan fingerprint density at radius 3 is 2.77 bits per heavy atom. The first-order chi connectivity index (χ1) is 10.1. The van der Waals surface area contributed by atoms with Gasteiger partial charge in [0.1, 0.15) is 6.26 Å². The lowest BCUT2D eigenvalue weighted by Crippen LogP contribution is -2.45. The highest BCUT2D eigenvalue weighted by molar-refractivity contribution is 6.30. The number of nitrogens with zero attached hydrogens (tertiary/aromatic N) is 2. The second-order valence-corrected chi connectivity index (χ2v) is 6.25. The smallest absolute Gasteiger partial charge is 0.226 e. The molecule has 22 heavy (non-hydrogen) atoms. The number of aromatic nitrogens is 1. The summed E-state index contributed by atoms with van der Waals surface area (Å²) in [6.45, 7) is 5.06. The molecule has 2 N–H and O–H groups in total. The average molecular weight is 342 g/mol. The standard InChI is InChI=1S/C16H20ClN3O.ClH/c1-11-8-20(7-6-15(11)18)9-14-10-21-16(19-14)12-2-4-13(17)5-3-12;/h2-5,10-11,15H,6-9,18H2,1H3;1H. The van der Waals surface area contributed by atoms with Gasteiger partial charge >= 0.3 is 0 Å². The van der Waals surface area contributed by atoms with Gasteiger partial charge in [-0.2, -0.15) is 0 Å². The van der Waals surface area contributed by atoms with Crippen LogP contribution in [0, 0.1) is 5.92 Å². The Kier molecular flexibility index (Phi) is 5.87. The minimum absolute atomic E-state index is 0. The number of hydrogen-bond acceptors (Lipinski definition) is 4. The van der Waals surface area contributed by atoms with Crippen LogP contribution in [0.4, 0.5) is 0 Å². The molecule has 2 atom stereocenters. The Bertz CT molecular complexity index is 600. The molecule has 1 aliphatic rings. The molecule has 2 unspecified atom stereocenters. The zero-order valence-corrected chi connectivity index (χ0v) is 14.1. The topological polar surface area (TPSA) is 55.3 Å². The number of likely N-dealkylation sites (tertiary alicyclic amines) is 1. The fourth-order valence-corrected chi connectivity index (χ4v) is 2.85. The first kappa shape index (κ1) is 17.3. The van der Waals surface area contributed by atoms with Crippen molar-refractivity contribution >= 4 is 24.0 Å². The van der Waals surface area contributed by atoms with Gasteiger partial charge in [0.2, 0.25) is 5.89 Å². The third kappa shape index (κ3) is 4.02. The van der Waals surface area contributed by atoms with Crippen molar-refractivity contribution in [1.29, 1.82) is 0 Å². The van der Waals surface area contributed by atoms with E-state index in [4.69, 9.17) is 21.8 Å². The van der Waals surface area contributed by atoms with E-state index < -0.39 is 0 Å². The number of nitrogens with two attached hydrogens (primary N) is 1. The predicted octanol–water partition coefficient (Wildman–Crippen LogP) is 3.59. The fourth-order valence-electron chi connectivity index (χ4n) is 2.73. The van der Waals surface area contributed by atoms with E-state index in [-0.39, 0.29) is 12.4 Å². The highest BCUT2D eigenvalue weighted by atomic mass is 35.5. The molecule has 0 saturated carbocycles. The Morgan fingerprint density at radius 1 is 1.36 bits per heavy atom. The van der Waals surface area contributed by atoms with Crippen molar-refractivity contribution in [3.63, 3.8) is 0 Å². The molecular formula is C16H21Cl2N3O. The zero-order valence-electron chi connectivity index (χ0n) is 12.5. The van der Waals surface area contributed by atoms with Crippen molar-refractivity contribution < 1.29 is 4.42 Å². The number of oxazole rings is 1. The van der Waals surface area contributed by atoms with Gasteiger partial charge in [0.15, 0.2) is 0 Å². The second kappa shape index (κ2) is 7.47. The van der Waals surface area contributed by atoms with Gasteiger partial charge in [-0.25, -0.2) is 4.98 Å². The van der Waals surface area contributed by atoms with Crippen LogP contribution in [0.5, 0.6) is 0 Å². The Morgan fingerprint density at radius 2 is 2.09 bits per heavy atom. The molecular weight excluding hydrogens is 321 g/mol. The monoisotopic (exact) mass is 341 g/mol. The molecule has 2 heterocycles. The Labute approximate surface area is 142 Å². The first-order valence-corrected chi connectivity index (χ1v) is 7.68. The maximum Gasteiger partial charge on any atom is 0.226 e. The van der Waals surface area contributed by atoms with Gasteiger partial charge in [-0.1, -0.05) is 18.5 Å². The van der Waals surface area contributed by atoms with E-state index in [1.54, 1.807) is 6.26 Å². The summed E-state index contributed by atoms with van der Waals surface area (Å²) in [5.74, 6) is 1.17. The number of benzene rings is 1. The fraction of sp³-hybridized carbons (Fsp3) is 0.438. The van der Waals surface area contributed by atoms with Gasteiger partial charge in [0, 0.05) is 36.3 Å². The SMILES string of the molecule is CC1CN(Cc2coc(-c3ccc(Cl)cc3)n2)CCC1N.Cl. The van der Waals surface area contributed by atoms with E-state index in [9.17, 15) is 0 Å². The van der Waals surface area contributed by atoms with Crippen LogP contribution in [-0.2, 0) is 6.54 Å². The Balaban J connectivity index is 0.00000176. The summed E-state index contributed by atoms with van der Waals surface area (Å²) in [4.78, 5) is 6.95. The normalized spacial score (nSPS) is 22.3. The summed E-state index contributed by atoms with van der Waals surface area (Å²) in [6.07, 6.45) is 2.78. The third-order valence-electron chi connectivity index (χ3n) is 4.08. The van der Waals surface area contributed by atoms with Crippen LogP contribution >= 0.6 is 24.0 Å². The first-order valence-electron chi connectivity index (χ1n) is 7.30. The lowest BCUT2D eigenvalue weighted by Gasteiger charge is -2.34. The van der Waals surface area contributed by atoms with Crippen LogP contribution in [-0.4, -0.2) is 29.0 Å². The van der Waals surface area contributed by atoms with Crippen LogP contribution in [0.1, 0.15) is 19.0 Å². The van der Waals surface area contributed by atoms with Gasteiger partial charge in [-0.15, -0.1) is 12.4 Å².